The summed E-state index contributed by atoms with van der Waals surface area (Å²) in [5.41, 5.74) is 2.92. The lowest BCUT2D eigenvalue weighted by atomic mass is 9.63. The van der Waals surface area contributed by atoms with Crippen molar-refractivity contribution in [2.24, 2.45) is 11.3 Å². The molecule has 0 radical (unpaired) electrons. The van der Waals surface area contributed by atoms with E-state index >= 15 is 0 Å². The number of ketones is 2. The van der Waals surface area contributed by atoms with E-state index in [2.05, 4.69) is 16.3 Å². The first-order valence-electron chi connectivity index (χ1n) is 12.8. The van der Waals surface area contributed by atoms with Gasteiger partial charge < -0.3 is 10.2 Å². The van der Waals surface area contributed by atoms with Crippen LogP contribution < -0.4 is 10.2 Å². The largest absolute Gasteiger partial charge is 0.352 e. The fraction of sp³-hybridized carbons (Fsp3) is 0.281. The predicted molar refractivity (Wildman–Crippen MR) is 146 cm³/mol. The molecule has 3 aromatic carbocycles. The zero-order valence-electron chi connectivity index (χ0n) is 21.5. The Bertz CT molecular complexity index is 1480. The molecular weight excluding hydrogens is 460 g/mol. The Hall–Kier alpha value is -3.99. The van der Waals surface area contributed by atoms with E-state index < -0.39 is 28.8 Å². The van der Waals surface area contributed by atoms with E-state index in [1.165, 1.54) is 0 Å². The average molecular weight is 491 g/mol. The van der Waals surface area contributed by atoms with Crippen LogP contribution in [0.5, 0.6) is 0 Å². The van der Waals surface area contributed by atoms with Crippen molar-refractivity contribution in [2.75, 3.05) is 10.2 Å². The molecule has 0 unspecified atom stereocenters. The number of para-hydroxylation sites is 2. The predicted octanol–water partition coefficient (Wildman–Crippen LogP) is 5.67. The maximum absolute atomic E-state index is 14.6. The van der Waals surface area contributed by atoms with Gasteiger partial charge >= 0.3 is 0 Å². The zero-order chi connectivity index (χ0) is 26.1. The molecule has 1 spiro atoms. The minimum absolute atomic E-state index is 0.0522. The van der Waals surface area contributed by atoms with Crippen molar-refractivity contribution >= 4 is 34.4 Å². The molecule has 5 heteroatoms. The third kappa shape index (κ3) is 3.13. The summed E-state index contributed by atoms with van der Waals surface area (Å²) in [6, 6.07) is 23.3. The van der Waals surface area contributed by atoms with Crippen molar-refractivity contribution in [1.29, 1.82) is 0 Å². The summed E-state index contributed by atoms with van der Waals surface area (Å²) in [5.74, 6) is -1.38. The Morgan fingerprint density at radius 1 is 0.892 bits per heavy atom. The van der Waals surface area contributed by atoms with Crippen LogP contribution in [0.4, 0.5) is 11.4 Å². The average Bonchev–Trinajstić information content (AvgIpc) is 3.36. The van der Waals surface area contributed by atoms with Gasteiger partial charge in [0, 0.05) is 27.9 Å². The molecule has 1 amide bonds. The first kappa shape index (κ1) is 23.4. The number of Topliss-reactive ketones (excluding diaryl/α,β-unsaturated/α-hetero) is 2. The Morgan fingerprint density at radius 3 is 2.27 bits per heavy atom. The third-order valence-corrected chi connectivity index (χ3v) is 8.23. The lowest BCUT2D eigenvalue weighted by molar-refractivity contribution is -0.128. The van der Waals surface area contributed by atoms with E-state index in [-0.39, 0.29) is 17.5 Å². The van der Waals surface area contributed by atoms with Gasteiger partial charge in [-0.2, -0.15) is 0 Å². The molecule has 37 heavy (non-hydrogen) atoms. The van der Waals surface area contributed by atoms with Crippen LogP contribution in [0, 0.1) is 11.3 Å². The highest BCUT2D eigenvalue weighted by Gasteiger charge is 2.71. The molecule has 3 aromatic rings. The topological polar surface area (TPSA) is 66.5 Å². The summed E-state index contributed by atoms with van der Waals surface area (Å²) in [6.45, 7) is 7.70. The van der Waals surface area contributed by atoms with Crippen LogP contribution in [0.3, 0.4) is 0 Å². The van der Waals surface area contributed by atoms with Gasteiger partial charge in [0.25, 0.3) is 0 Å². The number of rotatable bonds is 3. The third-order valence-electron chi connectivity index (χ3n) is 8.23. The number of carbonyl (C=O) groups excluding carboxylic acids is 3. The molecular formula is C32H30N2O3. The smallest absolute Gasteiger partial charge is 0.238 e. The minimum Gasteiger partial charge on any atom is -0.352 e. The van der Waals surface area contributed by atoms with Crippen LogP contribution in [0.25, 0.3) is 5.57 Å². The standard InChI is InChI=1S/C32H30N2O3/c1-19-18-25-32(22-15-9-10-16-23(22)33-30(32)37)26(28(35)20-12-6-5-7-13-20)27(29(36)31(2,3)4)34(25)24-17-11-8-14-21(19)24/h5-18,25-27H,1-4H3,(H,33,37)/t25-,26+,27-,32+/m0/s1. The Balaban J connectivity index is 1.71. The molecule has 186 valence electrons. The van der Waals surface area contributed by atoms with Gasteiger partial charge in [0.15, 0.2) is 11.6 Å². The van der Waals surface area contributed by atoms with Crippen LogP contribution in [-0.2, 0) is 15.0 Å². The highest BCUT2D eigenvalue weighted by Crippen LogP contribution is 2.59. The molecule has 5 nitrogen and oxygen atoms in total. The fourth-order valence-corrected chi connectivity index (χ4v) is 6.61. The maximum Gasteiger partial charge on any atom is 0.238 e. The number of anilines is 2. The lowest BCUT2D eigenvalue weighted by Gasteiger charge is -2.39. The molecule has 1 saturated heterocycles. The monoisotopic (exact) mass is 490 g/mol. The van der Waals surface area contributed by atoms with E-state index in [4.69, 9.17) is 0 Å². The number of hydrogen-bond acceptors (Lipinski definition) is 4. The minimum atomic E-state index is -1.26. The second-order valence-corrected chi connectivity index (χ2v) is 11.4. The number of amides is 1. The molecule has 1 fully saturated rings. The van der Waals surface area contributed by atoms with Gasteiger partial charge in [0.05, 0.1) is 12.0 Å². The number of nitrogens with zero attached hydrogens (tertiary/aromatic N) is 1. The van der Waals surface area contributed by atoms with Crippen LogP contribution in [0.15, 0.2) is 84.9 Å². The summed E-state index contributed by atoms with van der Waals surface area (Å²) in [4.78, 5) is 45.3. The highest BCUT2D eigenvalue weighted by molar-refractivity contribution is 6.17. The van der Waals surface area contributed by atoms with Crippen molar-refractivity contribution < 1.29 is 14.4 Å². The highest BCUT2D eigenvalue weighted by atomic mass is 16.2. The molecule has 0 saturated carbocycles. The van der Waals surface area contributed by atoms with Gasteiger partial charge in [0.1, 0.15) is 11.5 Å². The number of hydrogen-bond donors (Lipinski definition) is 1. The first-order chi connectivity index (χ1) is 17.7. The lowest BCUT2D eigenvalue weighted by Crippen LogP contribution is -2.51. The summed E-state index contributed by atoms with van der Waals surface area (Å²) in [5, 5.41) is 3.08. The number of carbonyl (C=O) groups is 3. The number of fused-ring (bicyclic) bond motifs is 6. The van der Waals surface area contributed by atoms with Crippen LogP contribution in [0.2, 0.25) is 0 Å². The van der Waals surface area contributed by atoms with Crippen LogP contribution in [-0.4, -0.2) is 29.6 Å². The molecule has 6 rings (SSSR count). The van der Waals surface area contributed by atoms with Crippen molar-refractivity contribution in [3.8, 4) is 0 Å². The first-order valence-corrected chi connectivity index (χ1v) is 12.8. The number of benzene rings is 3. The van der Waals surface area contributed by atoms with Crippen molar-refractivity contribution in [2.45, 2.75) is 45.2 Å². The van der Waals surface area contributed by atoms with Gasteiger partial charge in [-0.15, -0.1) is 0 Å². The normalized spacial score (nSPS) is 25.7. The van der Waals surface area contributed by atoms with Crippen molar-refractivity contribution in [3.05, 3.63) is 102 Å². The second kappa shape index (κ2) is 8.01. The molecule has 1 N–H and O–H groups in total. The van der Waals surface area contributed by atoms with E-state index in [1.54, 1.807) is 12.1 Å². The molecule has 0 aliphatic carbocycles. The quantitative estimate of drug-likeness (QED) is 0.481. The van der Waals surface area contributed by atoms with E-state index in [0.717, 1.165) is 22.4 Å². The van der Waals surface area contributed by atoms with Crippen LogP contribution >= 0.6 is 0 Å². The number of nitrogens with one attached hydrogen (secondary N) is 1. The van der Waals surface area contributed by atoms with Gasteiger partial charge in [-0.25, -0.2) is 0 Å². The SMILES string of the molecule is CC1=C[C@@H]2N(c3ccccc31)[C@H](C(=O)C(C)(C)C)[C@H](C(=O)c1ccccc1)[C@]21C(=O)Nc2ccccc21. The van der Waals surface area contributed by atoms with Crippen molar-refractivity contribution in [1.82, 2.24) is 0 Å². The van der Waals surface area contributed by atoms with Gasteiger partial charge in [-0.05, 0) is 30.2 Å². The molecule has 0 bridgehead atoms. The van der Waals surface area contributed by atoms with Gasteiger partial charge in [0.2, 0.25) is 5.91 Å². The Morgan fingerprint density at radius 2 is 1.54 bits per heavy atom. The summed E-state index contributed by atoms with van der Waals surface area (Å²) in [7, 11) is 0. The van der Waals surface area contributed by atoms with Crippen LogP contribution in [0.1, 0.15) is 49.2 Å². The molecule has 3 aliphatic heterocycles. The molecule has 3 heterocycles. The summed E-state index contributed by atoms with van der Waals surface area (Å²) in [6.07, 6.45) is 2.09. The molecule has 4 atom stereocenters. The van der Waals surface area contributed by atoms with Gasteiger partial charge in [-0.3, -0.25) is 14.4 Å². The molecule has 0 aromatic heterocycles. The van der Waals surface area contributed by atoms with E-state index in [9.17, 15) is 14.4 Å². The fourth-order valence-electron chi connectivity index (χ4n) is 6.61. The summed E-state index contributed by atoms with van der Waals surface area (Å²) < 4.78 is 0. The Kier molecular flexibility index (Phi) is 5.07. The summed E-state index contributed by atoms with van der Waals surface area (Å²) >= 11 is 0. The zero-order valence-corrected chi connectivity index (χ0v) is 21.5. The Labute approximate surface area is 217 Å². The maximum atomic E-state index is 14.6. The second-order valence-electron chi connectivity index (χ2n) is 11.4. The van der Waals surface area contributed by atoms with E-state index in [0.29, 0.717) is 11.3 Å². The van der Waals surface area contributed by atoms with Crippen molar-refractivity contribution in [3.63, 3.8) is 0 Å². The number of allylic oxidation sites excluding steroid dienone is 1. The molecule has 3 aliphatic rings. The van der Waals surface area contributed by atoms with Gasteiger partial charge in [-0.1, -0.05) is 93.6 Å². The van der Waals surface area contributed by atoms with E-state index in [1.807, 2.05) is 94.4 Å².